The van der Waals surface area contributed by atoms with Crippen LogP contribution in [-0.4, -0.2) is 37.3 Å². The molecule has 2 aromatic heterocycles. The highest BCUT2D eigenvalue weighted by atomic mass is 16.5. The van der Waals surface area contributed by atoms with Crippen molar-refractivity contribution in [3.8, 4) is 0 Å². The molecule has 0 radical (unpaired) electrons. The van der Waals surface area contributed by atoms with E-state index in [0.29, 0.717) is 18.4 Å². The van der Waals surface area contributed by atoms with Gasteiger partial charge in [-0.05, 0) is 19.1 Å². The molecule has 8 heteroatoms. The minimum atomic E-state index is -0.212. The molecule has 0 saturated carbocycles. The average molecular weight is 314 g/mol. The Balaban J connectivity index is 1.84. The summed E-state index contributed by atoms with van der Waals surface area (Å²) in [6.07, 6.45) is 0. The van der Waals surface area contributed by atoms with Gasteiger partial charge in [-0.3, -0.25) is 14.8 Å². The maximum atomic E-state index is 12.3. The quantitative estimate of drug-likeness (QED) is 0.766. The molecule has 0 aliphatic rings. The number of nitrogens with one attached hydrogen (secondary N) is 1. The number of imidazole rings is 1. The molecular formula is C15H18N6O2. The van der Waals surface area contributed by atoms with E-state index in [4.69, 9.17) is 4.74 Å². The van der Waals surface area contributed by atoms with Crippen molar-refractivity contribution in [1.29, 1.82) is 0 Å². The third kappa shape index (κ3) is 3.07. The largest absolute Gasteiger partial charge is 0.377 e. The van der Waals surface area contributed by atoms with Gasteiger partial charge in [0.15, 0.2) is 0 Å². The number of hydrogen-bond donors (Lipinski definition) is 1. The van der Waals surface area contributed by atoms with Crippen LogP contribution in [0.3, 0.4) is 0 Å². The van der Waals surface area contributed by atoms with Crippen LogP contribution in [0.1, 0.15) is 11.6 Å². The van der Waals surface area contributed by atoms with E-state index in [1.54, 1.807) is 18.8 Å². The van der Waals surface area contributed by atoms with Crippen LogP contribution in [0.15, 0.2) is 24.3 Å². The Hall–Kier alpha value is -2.74. The van der Waals surface area contributed by atoms with Crippen molar-refractivity contribution in [2.75, 3.05) is 12.4 Å². The van der Waals surface area contributed by atoms with E-state index in [1.165, 1.54) is 0 Å². The lowest BCUT2D eigenvalue weighted by Gasteiger charge is -2.08. The van der Waals surface area contributed by atoms with E-state index in [-0.39, 0.29) is 12.5 Å². The molecular weight excluding hydrogens is 296 g/mol. The van der Waals surface area contributed by atoms with Crippen molar-refractivity contribution in [2.45, 2.75) is 20.1 Å². The number of carbonyl (C=O) groups excluding carboxylic acids is 1. The average Bonchev–Trinajstić information content (AvgIpc) is 3.00. The Bertz CT molecular complexity index is 831. The van der Waals surface area contributed by atoms with Crippen LogP contribution in [0.5, 0.6) is 0 Å². The van der Waals surface area contributed by atoms with Gasteiger partial charge in [-0.2, -0.15) is 4.98 Å². The number of fused-ring (bicyclic) bond motifs is 1. The Kier molecular flexibility index (Phi) is 4.07. The Labute approximate surface area is 133 Å². The molecule has 0 bridgehead atoms. The molecule has 0 spiro atoms. The molecule has 0 aliphatic heterocycles. The molecule has 2 heterocycles. The number of aryl methyl sites for hydroxylation is 2. The number of carbonyl (C=O) groups is 1. The molecule has 23 heavy (non-hydrogen) atoms. The van der Waals surface area contributed by atoms with Crippen LogP contribution in [0, 0.1) is 6.92 Å². The highest BCUT2D eigenvalue weighted by Crippen LogP contribution is 2.16. The van der Waals surface area contributed by atoms with Crippen molar-refractivity contribution >= 4 is 22.9 Å². The van der Waals surface area contributed by atoms with E-state index >= 15 is 0 Å². The standard InChI is InChI=1S/C15H18N6O2/c1-10-16-15(19-20(10)2)18-14(22)8-21-12-7-5-4-6-11(12)17-13(21)9-23-3/h4-7H,8-9H2,1-3H3,(H,18,19,22). The summed E-state index contributed by atoms with van der Waals surface area (Å²) in [6.45, 7) is 2.28. The normalized spacial score (nSPS) is 11.1. The predicted molar refractivity (Wildman–Crippen MR) is 84.8 cm³/mol. The van der Waals surface area contributed by atoms with E-state index < -0.39 is 0 Å². The van der Waals surface area contributed by atoms with Gasteiger partial charge in [-0.1, -0.05) is 12.1 Å². The second-order valence-electron chi connectivity index (χ2n) is 5.19. The summed E-state index contributed by atoms with van der Waals surface area (Å²) in [5, 5.41) is 6.83. The summed E-state index contributed by atoms with van der Waals surface area (Å²) in [4.78, 5) is 21.0. The van der Waals surface area contributed by atoms with Crippen LogP contribution in [0.4, 0.5) is 5.95 Å². The third-order valence-corrected chi connectivity index (χ3v) is 3.54. The number of anilines is 1. The fraction of sp³-hybridized carbons (Fsp3) is 0.333. The zero-order valence-electron chi connectivity index (χ0n) is 13.3. The first-order valence-corrected chi connectivity index (χ1v) is 7.19. The number of rotatable bonds is 5. The number of methoxy groups -OCH3 is 1. The summed E-state index contributed by atoms with van der Waals surface area (Å²) >= 11 is 0. The number of aromatic nitrogens is 5. The summed E-state index contributed by atoms with van der Waals surface area (Å²) in [6, 6.07) is 7.67. The molecule has 3 aromatic rings. The van der Waals surface area contributed by atoms with Crippen LogP contribution in [0.2, 0.25) is 0 Å². The SMILES string of the molecule is COCc1nc2ccccc2n1CC(=O)Nc1nc(C)n(C)n1. The first-order chi connectivity index (χ1) is 11.1. The maximum absolute atomic E-state index is 12.3. The van der Waals surface area contributed by atoms with E-state index in [1.807, 2.05) is 35.8 Å². The lowest BCUT2D eigenvalue weighted by molar-refractivity contribution is -0.116. The molecule has 3 rings (SSSR count). The summed E-state index contributed by atoms with van der Waals surface area (Å²) < 4.78 is 8.62. The molecule has 8 nitrogen and oxygen atoms in total. The van der Waals surface area contributed by atoms with Crippen LogP contribution >= 0.6 is 0 Å². The molecule has 0 unspecified atom stereocenters. The first-order valence-electron chi connectivity index (χ1n) is 7.19. The van der Waals surface area contributed by atoms with E-state index in [2.05, 4.69) is 20.4 Å². The number of ether oxygens (including phenoxy) is 1. The van der Waals surface area contributed by atoms with Crippen molar-refractivity contribution in [3.63, 3.8) is 0 Å². The predicted octanol–water partition coefficient (Wildman–Crippen LogP) is 1.26. The van der Waals surface area contributed by atoms with Gasteiger partial charge < -0.3 is 9.30 Å². The first kappa shape index (κ1) is 15.2. The van der Waals surface area contributed by atoms with Crippen LogP contribution in [0.25, 0.3) is 11.0 Å². The minimum Gasteiger partial charge on any atom is -0.377 e. The highest BCUT2D eigenvalue weighted by Gasteiger charge is 2.15. The molecule has 120 valence electrons. The zero-order chi connectivity index (χ0) is 16.4. The van der Waals surface area contributed by atoms with Crippen molar-refractivity contribution in [1.82, 2.24) is 24.3 Å². The molecule has 0 aliphatic carbocycles. The molecule has 1 N–H and O–H groups in total. The number of para-hydroxylation sites is 2. The highest BCUT2D eigenvalue weighted by molar-refractivity contribution is 5.90. The third-order valence-electron chi connectivity index (χ3n) is 3.54. The Morgan fingerprint density at radius 3 is 2.78 bits per heavy atom. The van der Waals surface area contributed by atoms with Gasteiger partial charge in [0.2, 0.25) is 11.9 Å². The summed E-state index contributed by atoms with van der Waals surface area (Å²) in [7, 11) is 3.38. The zero-order valence-corrected chi connectivity index (χ0v) is 13.3. The van der Waals surface area contributed by atoms with Gasteiger partial charge in [0, 0.05) is 14.2 Å². The molecule has 1 amide bonds. The van der Waals surface area contributed by atoms with Gasteiger partial charge in [-0.15, -0.1) is 5.10 Å². The van der Waals surface area contributed by atoms with E-state index in [9.17, 15) is 4.79 Å². The van der Waals surface area contributed by atoms with Gasteiger partial charge in [0.25, 0.3) is 0 Å². The second kappa shape index (κ2) is 6.17. The van der Waals surface area contributed by atoms with Gasteiger partial charge in [0.05, 0.1) is 11.0 Å². The maximum Gasteiger partial charge on any atom is 0.249 e. The van der Waals surface area contributed by atoms with Crippen LogP contribution < -0.4 is 5.32 Å². The number of hydrogen-bond acceptors (Lipinski definition) is 5. The summed E-state index contributed by atoms with van der Waals surface area (Å²) in [5.74, 6) is 1.52. The van der Waals surface area contributed by atoms with Gasteiger partial charge in [-0.25, -0.2) is 4.98 Å². The van der Waals surface area contributed by atoms with Crippen LogP contribution in [-0.2, 0) is 29.7 Å². The molecule has 0 atom stereocenters. The van der Waals surface area contributed by atoms with Crippen molar-refractivity contribution < 1.29 is 9.53 Å². The number of benzene rings is 1. The Morgan fingerprint density at radius 2 is 2.09 bits per heavy atom. The smallest absolute Gasteiger partial charge is 0.249 e. The fourth-order valence-electron chi connectivity index (χ4n) is 2.36. The minimum absolute atomic E-state index is 0.122. The van der Waals surface area contributed by atoms with Gasteiger partial charge >= 0.3 is 0 Å². The van der Waals surface area contributed by atoms with E-state index in [0.717, 1.165) is 16.9 Å². The van der Waals surface area contributed by atoms with Gasteiger partial charge in [0.1, 0.15) is 24.8 Å². The fourth-order valence-corrected chi connectivity index (χ4v) is 2.36. The second-order valence-corrected chi connectivity index (χ2v) is 5.19. The molecule has 1 aromatic carbocycles. The number of amides is 1. The lowest BCUT2D eigenvalue weighted by atomic mass is 10.3. The summed E-state index contributed by atoms with van der Waals surface area (Å²) in [5.41, 5.74) is 1.72. The Morgan fingerprint density at radius 1 is 1.30 bits per heavy atom. The van der Waals surface area contributed by atoms with Crippen molar-refractivity contribution in [3.05, 3.63) is 35.9 Å². The lowest BCUT2D eigenvalue weighted by Crippen LogP contribution is -2.21. The van der Waals surface area contributed by atoms with Crippen molar-refractivity contribution in [2.24, 2.45) is 7.05 Å². The molecule has 0 saturated heterocycles. The topological polar surface area (TPSA) is 86.9 Å². The number of nitrogens with zero attached hydrogens (tertiary/aromatic N) is 5. The molecule has 0 fully saturated rings. The monoisotopic (exact) mass is 314 g/mol.